The highest BCUT2D eigenvalue weighted by atomic mass is 16.8. The van der Waals surface area contributed by atoms with Crippen LogP contribution in [0, 0.1) is 0 Å². The Kier molecular flexibility index (Phi) is 13.4. The molecular formula is C26H43NO23. The molecule has 4 heterocycles. The summed E-state index contributed by atoms with van der Waals surface area (Å²) in [6.45, 7) is -2.35. The van der Waals surface area contributed by atoms with E-state index in [4.69, 9.17) is 38.9 Å². The Bertz CT molecular complexity index is 1150. The molecule has 4 aliphatic rings. The predicted octanol–water partition coefficient (Wildman–Crippen LogP) is -9.85. The largest absolute Gasteiger partial charge is 0.479 e. The molecule has 4 fully saturated rings. The third kappa shape index (κ3) is 7.75. The third-order valence-electron chi connectivity index (χ3n) is 8.85. The SMILES string of the molecule is NCCC1(O[C@H]2[C@H](O)[C@@H](O)C(O[C@H]3[C@H](O)[C@@H](C(=O)O)OC(OC4O[C@H](CO)[C@@H](O)[C@H](O)[C@H]4O)[C@@H]3O)O[C@@H]2CO)O[C@H](C(=O)O)[C@@H](O)[C@H](O)[C@H]1O. The minimum atomic E-state index is -2.58. The molecule has 290 valence electrons. The minimum Gasteiger partial charge on any atom is -0.479 e. The van der Waals surface area contributed by atoms with Crippen molar-refractivity contribution in [1.82, 2.24) is 0 Å². The van der Waals surface area contributed by atoms with E-state index >= 15 is 0 Å². The zero-order chi connectivity index (χ0) is 37.4. The van der Waals surface area contributed by atoms with Gasteiger partial charge in [-0.05, 0) is 6.54 Å². The van der Waals surface area contributed by atoms with Gasteiger partial charge in [-0.2, -0.15) is 0 Å². The van der Waals surface area contributed by atoms with Crippen molar-refractivity contribution < 1.29 is 114 Å². The summed E-state index contributed by atoms with van der Waals surface area (Å²) in [5.74, 6) is -6.21. The lowest BCUT2D eigenvalue weighted by Crippen LogP contribution is -2.71. The number of carboxylic acids is 2. The number of carbonyl (C=O) groups is 2. The van der Waals surface area contributed by atoms with E-state index in [1.54, 1.807) is 0 Å². The van der Waals surface area contributed by atoms with Gasteiger partial charge >= 0.3 is 11.9 Å². The Morgan fingerprint density at radius 1 is 0.580 bits per heavy atom. The van der Waals surface area contributed by atoms with Crippen molar-refractivity contribution in [2.75, 3.05) is 19.8 Å². The van der Waals surface area contributed by atoms with Crippen LogP contribution in [-0.4, -0.2) is 226 Å². The molecule has 0 aromatic carbocycles. The number of hydrogen-bond donors (Lipinski definition) is 15. The van der Waals surface area contributed by atoms with Crippen molar-refractivity contribution in [1.29, 1.82) is 0 Å². The lowest BCUT2D eigenvalue weighted by molar-refractivity contribution is -0.411. The highest BCUT2D eigenvalue weighted by Gasteiger charge is 2.60. The van der Waals surface area contributed by atoms with Crippen LogP contribution in [0.25, 0.3) is 0 Å². The maximum atomic E-state index is 11.9. The van der Waals surface area contributed by atoms with Gasteiger partial charge in [0.25, 0.3) is 0 Å². The lowest BCUT2D eigenvalue weighted by Gasteiger charge is -2.52. The first-order valence-corrected chi connectivity index (χ1v) is 15.3. The van der Waals surface area contributed by atoms with Crippen LogP contribution in [0.1, 0.15) is 6.42 Å². The summed E-state index contributed by atoms with van der Waals surface area (Å²) in [5, 5.41) is 144. The summed E-state index contributed by atoms with van der Waals surface area (Å²) < 4.78 is 37.6. The number of hydrogen-bond acceptors (Lipinski definition) is 22. The molecule has 0 aliphatic carbocycles. The topological polar surface area (TPSA) is 408 Å². The first kappa shape index (κ1) is 40.9. The first-order chi connectivity index (χ1) is 23.4. The Morgan fingerprint density at radius 2 is 1.12 bits per heavy atom. The summed E-state index contributed by atoms with van der Waals surface area (Å²) in [6, 6.07) is 0. The van der Waals surface area contributed by atoms with Crippen molar-refractivity contribution in [3.05, 3.63) is 0 Å². The number of carboxylic acid groups (broad SMARTS) is 2. The molecule has 16 N–H and O–H groups in total. The molecule has 24 nitrogen and oxygen atoms in total. The number of aliphatic carboxylic acids is 2. The Balaban J connectivity index is 1.56. The van der Waals surface area contributed by atoms with Gasteiger partial charge in [0, 0.05) is 6.42 Å². The fourth-order valence-corrected chi connectivity index (χ4v) is 6.06. The highest BCUT2D eigenvalue weighted by Crippen LogP contribution is 2.39. The average Bonchev–Trinajstić information content (AvgIpc) is 3.07. The molecule has 4 unspecified atom stereocenters. The normalized spacial score (nSPS) is 50.1. The van der Waals surface area contributed by atoms with Crippen LogP contribution in [0.3, 0.4) is 0 Å². The maximum absolute atomic E-state index is 11.9. The van der Waals surface area contributed by atoms with Gasteiger partial charge in [0.2, 0.25) is 0 Å². The van der Waals surface area contributed by atoms with Crippen molar-refractivity contribution in [2.45, 2.75) is 129 Å². The Morgan fingerprint density at radius 3 is 1.68 bits per heavy atom. The third-order valence-corrected chi connectivity index (χ3v) is 8.85. The van der Waals surface area contributed by atoms with E-state index in [0.717, 1.165) is 0 Å². The zero-order valence-electron chi connectivity index (χ0n) is 25.8. The van der Waals surface area contributed by atoms with Gasteiger partial charge < -0.3 is 110 Å². The molecule has 0 saturated carbocycles. The van der Waals surface area contributed by atoms with Crippen molar-refractivity contribution in [2.24, 2.45) is 5.73 Å². The lowest BCUT2D eigenvalue weighted by atomic mass is 9.89. The molecule has 4 rings (SSSR count). The number of ether oxygens (including phenoxy) is 7. The molecule has 0 aromatic heterocycles. The van der Waals surface area contributed by atoms with Gasteiger partial charge in [-0.15, -0.1) is 0 Å². The van der Waals surface area contributed by atoms with Crippen molar-refractivity contribution in [3.63, 3.8) is 0 Å². The van der Waals surface area contributed by atoms with E-state index in [1.165, 1.54) is 0 Å². The molecule has 0 bridgehead atoms. The fraction of sp³-hybridized carbons (Fsp3) is 0.923. The number of aliphatic hydroxyl groups is 12. The van der Waals surface area contributed by atoms with E-state index in [9.17, 15) is 81.1 Å². The van der Waals surface area contributed by atoms with Gasteiger partial charge in [0.15, 0.2) is 36.9 Å². The molecule has 24 heteroatoms. The summed E-state index contributed by atoms with van der Waals surface area (Å²) in [6.07, 6.45) is -40.0. The van der Waals surface area contributed by atoms with Gasteiger partial charge in [0.1, 0.15) is 85.5 Å². The van der Waals surface area contributed by atoms with Crippen LogP contribution in [0.2, 0.25) is 0 Å². The second-order valence-corrected chi connectivity index (χ2v) is 12.1. The van der Waals surface area contributed by atoms with Gasteiger partial charge in [-0.1, -0.05) is 0 Å². The summed E-state index contributed by atoms with van der Waals surface area (Å²) in [5.41, 5.74) is 5.59. The van der Waals surface area contributed by atoms with Gasteiger partial charge in [-0.3, -0.25) is 0 Å². The van der Waals surface area contributed by atoms with Gasteiger partial charge in [-0.25, -0.2) is 9.59 Å². The molecule has 0 amide bonds. The molecule has 50 heavy (non-hydrogen) atoms. The van der Waals surface area contributed by atoms with Crippen LogP contribution in [0.5, 0.6) is 0 Å². The van der Waals surface area contributed by atoms with E-state index < -0.39 is 160 Å². The molecule has 4 saturated heterocycles. The van der Waals surface area contributed by atoms with Gasteiger partial charge in [0.05, 0.1) is 13.2 Å². The minimum absolute atomic E-state index is 0.398. The summed E-state index contributed by atoms with van der Waals surface area (Å²) >= 11 is 0. The second kappa shape index (κ2) is 16.4. The van der Waals surface area contributed by atoms with Crippen LogP contribution in [-0.2, 0) is 42.7 Å². The number of nitrogens with two attached hydrogens (primary N) is 1. The molecule has 0 aromatic rings. The van der Waals surface area contributed by atoms with Crippen molar-refractivity contribution >= 4 is 11.9 Å². The van der Waals surface area contributed by atoms with E-state index in [1.807, 2.05) is 0 Å². The summed E-state index contributed by atoms with van der Waals surface area (Å²) in [7, 11) is 0. The van der Waals surface area contributed by atoms with Crippen LogP contribution in [0.15, 0.2) is 0 Å². The second-order valence-electron chi connectivity index (χ2n) is 12.1. The monoisotopic (exact) mass is 737 g/mol. The van der Waals surface area contributed by atoms with Crippen LogP contribution >= 0.6 is 0 Å². The molecule has 0 radical (unpaired) electrons. The smallest absolute Gasteiger partial charge is 0.335 e. The molecular weight excluding hydrogens is 694 g/mol. The first-order valence-electron chi connectivity index (χ1n) is 15.3. The number of aliphatic hydroxyl groups excluding tert-OH is 12. The predicted molar refractivity (Wildman–Crippen MR) is 148 cm³/mol. The standard InChI is InChI=1S/C26H43NO23/c27-2-1-26(20(39)11(34)9(32)19(50-26)22(42)43)49-16-6(4-29)45-23(13(36)10(16)33)46-17-14(37)18(21(40)41)47-25(15(17)38)48-24-12(35)8(31)7(30)5(3-28)44-24/h5-20,23-25,28-39H,1-4,27H2,(H,40,41)(H,42,43)/t5-,6-,7-,8+,9+,10-,11+,12-,13-,14+,15-,16-,17+,18+,19+,20-,23?,24?,25?,26?/m1/s1. The molecule has 20 atom stereocenters. The number of rotatable bonds is 12. The van der Waals surface area contributed by atoms with Crippen LogP contribution in [0.4, 0.5) is 0 Å². The van der Waals surface area contributed by atoms with E-state index in [-0.39, 0.29) is 0 Å². The van der Waals surface area contributed by atoms with E-state index in [0.29, 0.717) is 0 Å². The highest BCUT2D eigenvalue weighted by molar-refractivity contribution is 5.74. The zero-order valence-corrected chi connectivity index (χ0v) is 25.8. The maximum Gasteiger partial charge on any atom is 0.335 e. The average molecular weight is 738 g/mol. The fourth-order valence-electron chi connectivity index (χ4n) is 6.06. The Hall–Kier alpha value is -1.86. The molecule has 0 spiro atoms. The van der Waals surface area contributed by atoms with Crippen molar-refractivity contribution in [3.8, 4) is 0 Å². The van der Waals surface area contributed by atoms with Crippen LogP contribution < -0.4 is 5.73 Å². The molecule has 4 aliphatic heterocycles. The van der Waals surface area contributed by atoms with E-state index in [2.05, 4.69) is 0 Å². The quantitative estimate of drug-likeness (QED) is 0.0884. The Labute approximate surface area is 280 Å². The summed E-state index contributed by atoms with van der Waals surface area (Å²) in [4.78, 5) is 23.6.